The summed E-state index contributed by atoms with van der Waals surface area (Å²) in [5.74, 6) is -1.72. The third-order valence-electron chi connectivity index (χ3n) is 3.04. The summed E-state index contributed by atoms with van der Waals surface area (Å²) in [5.41, 5.74) is 0. The summed E-state index contributed by atoms with van der Waals surface area (Å²) >= 11 is 0. The highest BCUT2D eigenvalue weighted by atomic mass is 32.2. The van der Waals surface area contributed by atoms with Gasteiger partial charge in [-0.2, -0.15) is 4.31 Å². The van der Waals surface area contributed by atoms with Crippen molar-refractivity contribution in [2.45, 2.75) is 31.6 Å². The first-order valence-corrected chi connectivity index (χ1v) is 8.11. The zero-order valence-electron chi connectivity index (χ0n) is 11.8. The first-order chi connectivity index (χ1) is 9.39. The minimum atomic E-state index is -3.63. The minimum Gasteiger partial charge on any atom is -0.481 e. The third-order valence-corrected chi connectivity index (χ3v) is 4.92. The summed E-state index contributed by atoms with van der Waals surface area (Å²) in [6.45, 7) is 3.81. The van der Waals surface area contributed by atoms with E-state index in [-0.39, 0.29) is 11.4 Å². The van der Waals surface area contributed by atoms with Crippen LogP contribution in [0.25, 0.3) is 0 Å². The van der Waals surface area contributed by atoms with Crippen LogP contribution in [-0.2, 0) is 14.8 Å². The molecule has 0 amide bonds. The standard InChI is InChI=1S/C14H21NO4S/c1-3-4-10-15(11-12(2)14(16)17)20(18,19)13-8-6-5-7-9-13/h5-9,12H,3-4,10-11H2,1-2H3,(H,16,17). The Labute approximate surface area is 120 Å². The zero-order chi connectivity index (χ0) is 15.2. The minimum absolute atomic E-state index is 0.00738. The van der Waals surface area contributed by atoms with Crippen molar-refractivity contribution in [2.75, 3.05) is 13.1 Å². The lowest BCUT2D eigenvalue weighted by Gasteiger charge is -2.23. The number of aliphatic carboxylic acids is 1. The van der Waals surface area contributed by atoms with E-state index in [9.17, 15) is 13.2 Å². The number of nitrogens with zero attached hydrogens (tertiary/aromatic N) is 1. The fraction of sp³-hybridized carbons (Fsp3) is 0.500. The van der Waals surface area contributed by atoms with E-state index in [0.29, 0.717) is 13.0 Å². The topological polar surface area (TPSA) is 74.7 Å². The van der Waals surface area contributed by atoms with Crippen molar-refractivity contribution in [3.05, 3.63) is 30.3 Å². The number of hydrogen-bond donors (Lipinski definition) is 1. The predicted octanol–water partition coefficient (Wildman–Crippen LogP) is 2.20. The van der Waals surface area contributed by atoms with Crippen molar-refractivity contribution in [3.8, 4) is 0 Å². The van der Waals surface area contributed by atoms with E-state index in [1.165, 1.54) is 23.4 Å². The lowest BCUT2D eigenvalue weighted by molar-refractivity contribution is -0.141. The van der Waals surface area contributed by atoms with Gasteiger partial charge in [0.15, 0.2) is 0 Å². The van der Waals surface area contributed by atoms with E-state index in [1.807, 2.05) is 6.92 Å². The number of unbranched alkanes of at least 4 members (excludes halogenated alkanes) is 1. The second-order valence-corrected chi connectivity index (χ2v) is 6.71. The van der Waals surface area contributed by atoms with Gasteiger partial charge in [0.05, 0.1) is 10.8 Å². The molecular weight excluding hydrogens is 278 g/mol. The Morgan fingerprint density at radius 2 is 1.90 bits per heavy atom. The maximum Gasteiger partial charge on any atom is 0.307 e. The maximum absolute atomic E-state index is 12.5. The molecule has 1 rings (SSSR count). The number of benzene rings is 1. The Morgan fingerprint density at radius 1 is 1.30 bits per heavy atom. The largest absolute Gasteiger partial charge is 0.481 e. The van der Waals surface area contributed by atoms with Crippen molar-refractivity contribution < 1.29 is 18.3 Å². The summed E-state index contributed by atoms with van der Waals surface area (Å²) in [4.78, 5) is 11.2. The van der Waals surface area contributed by atoms with Crippen LogP contribution in [0.4, 0.5) is 0 Å². The maximum atomic E-state index is 12.5. The molecule has 0 aromatic heterocycles. The summed E-state index contributed by atoms with van der Waals surface area (Å²) in [6.07, 6.45) is 1.56. The van der Waals surface area contributed by atoms with Crippen LogP contribution in [0.5, 0.6) is 0 Å². The van der Waals surface area contributed by atoms with E-state index in [1.54, 1.807) is 18.2 Å². The predicted molar refractivity (Wildman–Crippen MR) is 76.9 cm³/mol. The highest BCUT2D eigenvalue weighted by Gasteiger charge is 2.27. The van der Waals surface area contributed by atoms with Gasteiger partial charge >= 0.3 is 5.97 Å². The van der Waals surface area contributed by atoms with E-state index in [4.69, 9.17) is 5.11 Å². The van der Waals surface area contributed by atoms with Gasteiger partial charge in [0, 0.05) is 13.1 Å². The van der Waals surface area contributed by atoms with Crippen LogP contribution in [0.2, 0.25) is 0 Å². The number of rotatable bonds is 8. The molecule has 20 heavy (non-hydrogen) atoms. The normalized spacial score (nSPS) is 13.3. The van der Waals surface area contributed by atoms with Crippen molar-refractivity contribution >= 4 is 16.0 Å². The van der Waals surface area contributed by atoms with E-state index >= 15 is 0 Å². The van der Waals surface area contributed by atoms with Crippen molar-refractivity contribution in [1.82, 2.24) is 4.31 Å². The Hall–Kier alpha value is -1.40. The van der Waals surface area contributed by atoms with Gasteiger partial charge in [-0.3, -0.25) is 4.79 Å². The van der Waals surface area contributed by atoms with Crippen LogP contribution in [0.15, 0.2) is 35.2 Å². The lowest BCUT2D eigenvalue weighted by Crippen LogP contribution is -2.37. The van der Waals surface area contributed by atoms with Gasteiger partial charge in [0.25, 0.3) is 0 Å². The Kier molecular flexibility index (Phi) is 6.16. The third kappa shape index (κ3) is 4.31. The molecule has 1 N–H and O–H groups in total. The van der Waals surface area contributed by atoms with Gasteiger partial charge < -0.3 is 5.11 Å². The molecule has 0 bridgehead atoms. The average Bonchev–Trinajstić information content (AvgIpc) is 2.43. The SMILES string of the molecule is CCCCN(CC(C)C(=O)O)S(=O)(=O)c1ccccc1. The van der Waals surface area contributed by atoms with Gasteiger partial charge in [-0.25, -0.2) is 8.42 Å². The molecule has 0 fully saturated rings. The molecule has 1 aromatic rings. The first-order valence-electron chi connectivity index (χ1n) is 6.67. The Balaban J connectivity index is 3.00. The Bertz CT molecular complexity index is 527. The molecular formula is C14H21NO4S. The van der Waals surface area contributed by atoms with E-state index in [2.05, 4.69) is 0 Å². The van der Waals surface area contributed by atoms with Crippen LogP contribution in [0.3, 0.4) is 0 Å². The van der Waals surface area contributed by atoms with E-state index < -0.39 is 21.9 Å². The zero-order valence-corrected chi connectivity index (χ0v) is 12.6. The van der Waals surface area contributed by atoms with Gasteiger partial charge in [0.2, 0.25) is 10.0 Å². The average molecular weight is 299 g/mol. The highest BCUT2D eigenvalue weighted by Crippen LogP contribution is 2.17. The molecule has 1 atom stereocenters. The number of sulfonamides is 1. The number of hydrogen-bond acceptors (Lipinski definition) is 3. The fourth-order valence-corrected chi connectivity index (χ4v) is 3.36. The van der Waals surface area contributed by atoms with Gasteiger partial charge in [-0.1, -0.05) is 38.5 Å². The van der Waals surface area contributed by atoms with Crippen LogP contribution in [-0.4, -0.2) is 36.9 Å². The van der Waals surface area contributed by atoms with Gasteiger partial charge in [0.1, 0.15) is 0 Å². The fourth-order valence-electron chi connectivity index (χ4n) is 1.77. The molecule has 0 saturated carbocycles. The Morgan fingerprint density at radius 3 is 2.40 bits per heavy atom. The molecule has 0 aliphatic carbocycles. The molecule has 0 saturated heterocycles. The monoisotopic (exact) mass is 299 g/mol. The van der Waals surface area contributed by atoms with Gasteiger partial charge in [-0.05, 0) is 18.6 Å². The molecule has 5 nitrogen and oxygen atoms in total. The number of carboxylic acids is 1. The number of carboxylic acid groups (broad SMARTS) is 1. The molecule has 0 spiro atoms. The lowest BCUT2D eigenvalue weighted by atomic mass is 10.2. The number of carbonyl (C=O) groups is 1. The van der Waals surface area contributed by atoms with Crippen LogP contribution >= 0.6 is 0 Å². The second kappa shape index (κ2) is 7.40. The summed E-state index contributed by atoms with van der Waals surface area (Å²) in [5, 5.41) is 8.97. The van der Waals surface area contributed by atoms with E-state index in [0.717, 1.165) is 6.42 Å². The van der Waals surface area contributed by atoms with Crippen molar-refractivity contribution in [2.24, 2.45) is 5.92 Å². The van der Waals surface area contributed by atoms with Crippen molar-refractivity contribution in [1.29, 1.82) is 0 Å². The molecule has 0 radical (unpaired) electrons. The molecule has 0 aliphatic rings. The van der Waals surface area contributed by atoms with Crippen LogP contribution in [0.1, 0.15) is 26.7 Å². The molecule has 0 aliphatic heterocycles. The summed E-state index contributed by atoms with van der Waals surface area (Å²) in [7, 11) is -3.63. The molecule has 1 aromatic carbocycles. The smallest absolute Gasteiger partial charge is 0.307 e. The molecule has 0 heterocycles. The highest BCUT2D eigenvalue weighted by molar-refractivity contribution is 7.89. The second-order valence-electron chi connectivity index (χ2n) is 4.77. The quantitative estimate of drug-likeness (QED) is 0.798. The van der Waals surface area contributed by atoms with Gasteiger partial charge in [-0.15, -0.1) is 0 Å². The van der Waals surface area contributed by atoms with Crippen molar-refractivity contribution in [3.63, 3.8) is 0 Å². The summed E-state index contributed by atoms with van der Waals surface area (Å²) in [6, 6.07) is 8.12. The first kappa shape index (κ1) is 16.7. The molecule has 6 heteroatoms. The molecule has 112 valence electrons. The van der Waals surface area contributed by atoms with Crippen LogP contribution in [0, 0.1) is 5.92 Å². The molecule has 1 unspecified atom stereocenters. The van der Waals surface area contributed by atoms with Crippen LogP contribution < -0.4 is 0 Å². The summed E-state index contributed by atoms with van der Waals surface area (Å²) < 4.78 is 26.3.